The van der Waals surface area contributed by atoms with Crippen molar-refractivity contribution in [3.8, 4) is 0 Å². The van der Waals surface area contributed by atoms with Crippen molar-refractivity contribution in [2.24, 2.45) is 0 Å². The highest BCUT2D eigenvalue weighted by Gasteiger charge is 1.98. The van der Waals surface area contributed by atoms with Gasteiger partial charge in [-0.2, -0.15) is 0 Å². The maximum atomic E-state index is 8.34. The first kappa shape index (κ1) is 15.8. The number of aryl methyl sites for hydroxylation is 3. The zero-order chi connectivity index (χ0) is 15.0. The van der Waals surface area contributed by atoms with Crippen LogP contribution in [-0.2, 0) is 0 Å². The predicted octanol–water partition coefficient (Wildman–Crippen LogP) is 5.47. The summed E-state index contributed by atoms with van der Waals surface area (Å²) in [6.07, 6.45) is 4.60. The van der Waals surface area contributed by atoms with E-state index in [1.165, 1.54) is 22.3 Å². The van der Waals surface area contributed by atoms with Gasteiger partial charge in [0.25, 0.3) is 0 Å². The summed E-state index contributed by atoms with van der Waals surface area (Å²) in [6, 6.07) is 14.0. The molecule has 0 aliphatic heterocycles. The Balaban J connectivity index is 0.000000204. The second-order valence-electron chi connectivity index (χ2n) is 4.74. The highest BCUT2D eigenvalue weighted by molar-refractivity contribution is 5.56. The zero-order valence-corrected chi connectivity index (χ0v) is 12.4. The van der Waals surface area contributed by atoms with Gasteiger partial charge in [-0.3, -0.25) is 0 Å². The van der Waals surface area contributed by atoms with Gasteiger partial charge in [-0.1, -0.05) is 60.7 Å². The summed E-state index contributed by atoms with van der Waals surface area (Å²) in [4.78, 5) is 0. The molecule has 20 heavy (non-hydrogen) atoms. The average molecular weight is 266 g/mol. The van der Waals surface area contributed by atoms with Crippen molar-refractivity contribution in [2.45, 2.75) is 20.8 Å². The molecule has 0 aliphatic rings. The molecule has 0 aliphatic carbocycles. The van der Waals surface area contributed by atoms with E-state index in [0.717, 1.165) is 11.8 Å². The molecule has 1 heteroatoms. The lowest BCUT2D eigenvalue weighted by molar-refractivity contribution is 0.478. The Labute approximate surface area is 121 Å². The molecule has 0 amide bonds. The van der Waals surface area contributed by atoms with Crippen LogP contribution in [0.1, 0.15) is 27.8 Å². The van der Waals surface area contributed by atoms with E-state index in [9.17, 15) is 0 Å². The summed E-state index contributed by atoms with van der Waals surface area (Å²) in [5, 5.41) is 8.34. The third kappa shape index (κ3) is 4.77. The largest absolute Gasteiger partial charge is 0.516 e. The van der Waals surface area contributed by atoms with Crippen LogP contribution in [-0.4, -0.2) is 5.11 Å². The van der Waals surface area contributed by atoms with E-state index >= 15 is 0 Å². The average Bonchev–Trinajstić information content (AvgIpc) is 2.40. The van der Waals surface area contributed by atoms with Crippen molar-refractivity contribution in [3.05, 3.63) is 83.1 Å². The van der Waals surface area contributed by atoms with Crippen LogP contribution in [0.2, 0.25) is 0 Å². The zero-order valence-electron chi connectivity index (χ0n) is 12.4. The quantitative estimate of drug-likeness (QED) is 0.714. The first-order valence-electron chi connectivity index (χ1n) is 6.64. The molecule has 0 atom stereocenters. The van der Waals surface area contributed by atoms with Crippen LogP contribution in [0.5, 0.6) is 0 Å². The van der Waals surface area contributed by atoms with Crippen molar-refractivity contribution >= 4 is 12.2 Å². The van der Waals surface area contributed by atoms with Gasteiger partial charge in [-0.15, -0.1) is 0 Å². The number of aliphatic hydroxyl groups excluding tert-OH is 1. The van der Waals surface area contributed by atoms with E-state index in [-0.39, 0.29) is 0 Å². The van der Waals surface area contributed by atoms with Gasteiger partial charge in [-0.05, 0) is 49.1 Å². The van der Waals surface area contributed by atoms with Crippen LogP contribution in [0.25, 0.3) is 12.2 Å². The minimum absolute atomic E-state index is 1.01. The van der Waals surface area contributed by atoms with Gasteiger partial charge in [0.1, 0.15) is 0 Å². The Bertz CT molecular complexity index is 557. The van der Waals surface area contributed by atoms with E-state index in [0.29, 0.717) is 0 Å². The number of hydrogen-bond acceptors (Lipinski definition) is 1. The monoisotopic (exact) mass is 266 g/mol. The number of rotatable bonds is 2. The molecular weight excluding hydrogens is 244 g/mol. The highest BCUT2D eigenvalue weighted by atomic mass is 16.2. The highest BCUT2D eigenvalue weighted by Crippen LogP contribution is 2.16. The van der Waals surface area contributed by atoms with Crippen LogP contribution < -0.4 is 0 Å². The fraction of sp³-hybridized carbons (Fsp3) is 0.158. The van der Waals surface area contributed by atoms with Crippen LogP contribution in [0.3, 0.4) is 0 Å². The lowest BCUT2D eigenvalue weighted by atomic mass is 10.0. The molecule has 2 aromatic carbocycles. The van der Waals surface area contributed by atoms with Gasteiger partial charge in [0, 0.05) is 0 Å². The molecule has 0 heterocycles. The summed E-state index contributed by atoms with van der Waals surface area (Å²) < 4.78 is 0. The molecule has 0 fully saturated rings. The van der Waals surface area contributed by atoms with Gasteiger partial charge in [-0.25, -0.2) is 0 Å². The fourth-order valence-corrected chi connectivity index (χ4v) is 2.16. The van der Waals surface area contributed by atoms with E-state index in [2.05, 4.69) is 39.5 Å². The van der Waals surface area contributed by atoms with Crippen molar-refractivity contribution in [3.63, 3.8) is 0 Å². The standard InChI is InChI=1S/C11H14.C8H8O/c1-5-11-9(3)6-8(2)7-10(11)4;9-7-6-8-4-2-1-3-5-8/h5-7H,1H2,2-4H3;1-7,9H. The smallest absolute Gasteiger partial charge is 0.0797 e. The Hall–Kier alpha value is -2.28. The van der Waals surface area contributed by atoms with Gasteiger partial charge < -0.3 is 5.11 Å². The maximum absolute atomic E-state index is 8.34. The molecular formula is C19H22O. The summed E-state index contributed by atoms with van der Waals surface area (Å²) in [6.45, 7) is 10.1. The minimum atomic E-state index is 1.01. The second kappa shape index (κ2) is 8.00. The molecule has 0 radical (unpaired) electrons. The van der Waals surface area contributed by atoms with E-state index in [4.69, 9.17) is 5.11 Å². The third-order valence-corrected chi connectivity index (χ3v) is 3.01. The normalized spacial score (nSPS) is 9.95. The summed E-state index contributed by atoms with van der Waals surface area (Å²) >= 11 is 0. The lowest BCUT2D eigenvalue weighted by Gasteiger charge is -2.05. The SMILES string of the molecule is C=Cc1c(C)cc(C)cc1C.OC=Cc1ccccc1. The molecule has 0 saturated carbocycles. The summed E-state index contributed by atoms with van der Waals surface area (Å²) in [7, 11) is 0. The molecule has 1 nitrogen and oxygen atoms in total. The molecule has 0 saturated heterocycles. The van der Waals surface area contributed by atoms with Crippen LogP contribution in [0.15, 0.2) is 55.3 Å². The fourth-order valence-electron chi connectivity index (χ4n) is 2.16. The van der Waals surface area contributed by atoms with Crippen molar-refractivity contribution in [1.82, 2.24) is 0 Å². The van der Waals surface area contributed by atoms with Crippen LogP contribution in [0, 0.1) is 20.8 Å². The molecule has 0 spiro atoms. The van der Waals surface area contributed by atoms with E-state index in [1.54, 1.807) is 6.08 Å². The van der Waals surface area contributed by atoms with Crippen molar-refractivity contribution < 1.29 is 5.11 Å². The summed E-state index contributed by atoms with van der Waals surface area (Å²) in [5.74, 6) is 0. The number of benzene rings is 2. The number of aliphatic hydroxyl groups is 1. The molecule has 0 unspecified atom stereocenters. The van der Waals surface area contributed by atoms with Crippen molar-refractivity contribution in [1.29, 1.82) is 0 Å². The maximum Gasteiger partial charge on any atom is 0.0797 e. The first-order valence-corrected chi connectivity index (χ1v) is 6.64. The molecule has 1 N–H and O–H groups in total. The lowest BCUT2D eigenvalue weighted by Crippen LogP contribution is -1.87. The molecule has 0 bridgehead atoms. The molecule has 2 aromatic rings. The van der Waals surface area contributed by atoms with Gasteiger partial charge in [0.2, 0.25) is 0 Å². The van der Waals surface area contributed by atoms with E-state index < -0.39 is 0 Å². The molecule has 104 valence electrons. The van der Waals surface area contributed by atoms with Gasteiger partial charge in [0.15, 0.2) is 0 Å². The van der Waals surface area contributed by atoms with E-state index in [1.807, 2.05) is 36.4 Å². The Kier molecular flexibility index (Phi) is 6.31. The third-order valence-electron chi connectivity index (χ3n) is 3.01. The Morgan fingerprint density at radius 2 is 1.50 bits per heavy atom. The topological polar surface area (TPSA) is 20.2 Å². The minimum Gasteiger partial charge on any atom is -0.516 e. The second-order valence-corrected chi connectivity index (χ2v) is 4.74. The molecule has 0 aromatic heterocycles. The number of hydrogen-bond donors (Lipinski definition) is 1. The van der Waals surface area contributed by atoms with Crippen LogP contribution in [0.4, 0.5) is 0 Å². The Morgan fingerprint density at radius 1 is 0.950 bits per heavy atom. The summed E-state index contributed by atoms with van der Waals surface area (Å²) in [5.41, 5.74) is 6.25. The Morgan fingerprint density at radius 3 is 1.95 bits per heavy atom. The molecule has 2 rings (SSSR count). The van der Waals surface area contributed by atoms with Crippen LogP contribution >= 0.6 is 0 Å². The first-order chi connectivity index (χ1) is 9.58. The predicted molar refractivity (Wildman–Crippen MR) is 88.8 cm³/mol. The van der Waals surface area contributed by atoms with Gasteiger partial charge in [0.05, 0.1) is 6.26 Å². The van der Waals surface area contributed by atoms with Crippen molar-refractivity contribution in [2.75, 3.05) is 0 Å². The van der Waals surface area contributed by atoms with Gasteiger partial charge >= 0.3 is 0 Å².